The molecule has 1 N–H and O–H groups in total. The number of esters is 1. The minimum absolute atomic E-state index is 0.0165. The summed E-state index contributed by atoms with van der Waals surface area (Å²) >= 11 is 0. The highest BCUT2D eigenvalue weighted by Crippen LogP contribution is 2.36. The van der Waals surface area contributed by atoms with Crippen LogP contribution in [0, 0.1) is 0 Å². The first-order valence-electron chi connectivity index (χ1n) is 13.6. The Morgan fingerprint density at radius 3 is 2.49 bits per heavy atom. The van der Waals surface area contributed by atoms with Crippen molar-refractivity contribution in [2.75, 3.05) is 5.32 Å². The van der Waals surface area contributed by atoms with Crippen LogP contribution in [0.15, 0.2) is 84.8 Å². The number of para-hydroxylation sites is 1. The van der Waals surface area contributed by atoms with Gasteiger partial charge in [0, 0.05) is 54.5 Å². The van der Waals surface area contributed by atoms with Gasteiger partial charge >= 0.3 is 5.97 Å². The molecule has 6 heteroatoms. The summed E-state index contributed by atoms with van der Waals surface area (Å²) in [5.41, 5.74) is 4.88. The van der Waals surface area contributed by atoms with E-state index >= 15 is 0 Å². The second kappa shape index (κ2) is 14.3. The maximum absolute atomic E-state index is 14.0. The van der Waals surface area contributed by atoms with Crippen LogP contribution in [-0.2, 0) is 22.5 Å². The number of carbonyl (C=O) groups excluding carboxylic acids is 2. The number of hydrogen-bond acceptors (Lipinski definition) is 3. The number of ether oxygens (including phenoxy) is 1. The standard InChI is InChI=1S/C33H39FN2O3/c1-6-14-24(7-2)30-28(19-12-15-25(34)8-3)36(22-21-27-18-13-20-29(37)39-27)32(23(4)5)31(30)33(38)35-26-16-10-9-11-17-26/h6-17,20,23,27H,18-19,21-22H2,1-5H3,(H,35,38)/b14-6-,15-12-,24-7+,25-8+. The van der Waals surface area contributed by atoms with E-state index in [9.17, 15) is 14.0 Å². The number of amides is 1. The number of halogens is 1. The molecule has 0 bridgehead atoms. The Kier molecular flexibility index (Phi) is 10.9. The lowest BCUT2D eigenvalue weighted by atomic mass is 9.94. The minimum Gasteiger partial charge on any atom is -0.459 e. The molecular weight excluding hydrogens is 491 g/mol. The summed E-state index contributed by atoms with van der Waals surface area (Å²) in [5, 5.41) is 3.08. The first-order valence-corrected chi connectivity index (χ1v) is 13.6. The van der Waals surface area contributed by atoms with Crippen molar-refractivity contribution in [1.29, 1.82) is 0 Å². The van der Waals surface area contributed by atoms with Crippen LogP contribution in [0.4, 0.5) is 10.1 Å². The maximum Gasteiger partial charge on any atom is 0.330 e. The lowest BCUT2D eigenvalue weighted by Gasteiger charge is -2.22. The molecule has 0 aliphatic carbocycles. The number of anilines is 1. The smallest absolute Gasteiger partial charge is 0.330 e. The molecule has 1 aliphatic rings. The Morgan fingerprint density at radius 1 is 1.13 bits per heavy atom. The molecule has 1 aromatic carbocycles. The van der Waals surface area contributed by atoms with Gasteiger partial charge in [-0.2, -0.15) is 0 Å². The van der Waals surface area contributed by atoms with Gasteiger partial charge in [-0.05, 0) is 50.5 Å². The lowest BCUT2D eigenvalue weighted by Crippen LogP contribution is -2.23. The molecule has 0 fully saturated rings. The number of allylic oxidation sites excluding steroid dienone is 8. The van der Waals surface area contributed by atoms with Gasteiger partial charge in [0.1, 0.15) is 11.9 Å². The number of benzene rings is 1. The number of hydrogen-bond donors (Lipinski definition) is 1. The fraction of sp³-hybridized carbons (Fsp3) is 0.333. The van der Waals surface area contributed by atoms with Crippen LogP contribution in [0.25, 0.3) is 5.57 Å². The van der Waals surface area contributed by atoms with E-state index < -0.39 is 0 Å². The van der Waals surface area contributed by atoms with Gasteiger partial charge in [-0.25, -0.2) is 9.18 Å². The van der Waals surface area contributed by atoms with Crippen LogP contribution in [0.1, 0.15) is 80.7 Å². The summed E-state index contributed by atoms with van der Waals surface area (Å²) in [7, 11) is 0. The molecule has 5 nitrogen and oxygen atoms in total. The average molecular weight is 531 g/mol. The van der Waals surface area contributed by atoms with Crippen LogP contribution in [0.5, 0.6) is 0 Å². The summed E-state index contributed by atoms with van der Waals surface area (Å²) in [6.07, 6.45) is 15.3. The van der Waals surface area contributed by atoms with Crippen LogP contribution < -0.4 is 5.32 Å². The summed E-state index contributed by atoms with van der Waals surface area (Å²) in [6.45, 7) is 10.2. The molecule has 206 valence electrons. The van der Waals surface area contributed by atoms with Crippen molar-refractivity contribution in [2.24, 2.45) is 0 Å². The van der Waals surface area contributed by atoms with Gasteiger partial charge in [0.05, 0.1) is 5.56 Å². The van der Waals surface area contributed by atoms with E-state index in [1.807, 2.05) is 68.5 Å². The third kappa shape index (κ3) is 7.56. The average Bonchev–Trinajstić information content (AvgIpc) is 3.25. The van der Waals surface area contributed by atoms with Crippen molar-refractivity contribution < 1.29 is 18.7 Å². The van der Waals surface area contributed by atoms with E-state index in [-0.39, 0.29) is 29.7 Å². The number of rotatable bonds is 11. The Labute approximate surface area is 231 Å². The van der Waals surface area contributed by atoms with E-state index in [0.717, 1.165) is 22.5 Å². The summed E-state index contributed by atoms with van der Waals surface area (Å²) in [4.78, 5) is 25.8. The number of nitrogens with one attached hydrogen (secondary N) is 1. The van der Waals surface area contributed by atoms with Crippen LogP contribution >= 0.6 is 0 Å². The topological polar surface area (TPSA) is 60.3 Å². The molecule has 2 aromatic rings. The largest absolute Gasteiger partial charge is 0.459 e. The molecule has 39 heavy (non-hydrogen) atoms. The summed E-state index contributed by atoms with van der Waals surface area (Å²) in [6, 6.07) is 9.40. The van der Waals surface area contributed by atoms with Crippen molar-refractivity contribution in [3.63, 3.8) is 0 Å². The predicted molar refractivity (Wildman–Crippen MR) is 157 cm³/mol. The molecule has 0 saturated heterocycles. The fourth-order valence-corrected chi connectivity index (χ4v) is 4.91. The van der Waals surface area contributed by atoms with Gasteiger partial charge in [0.15, 0.2) is 0 Å². The van der Waals surface area contributed by atoms with Crippen molar-refractivity contribution in [1.82, 2.24) is 4.57 Å². The van der Waals surface area contributed by atoms with E-state index in [2.05, 4.69) is 23.7 Å². The number of nitrogens with zero attached hydrogens (tertiary/aromatic N) is 1. The molecule has 0 radical (unpaired) electrons. The highest BCUT2D eigenvalue weighted by molar-refractivity contribution is 6.09. The third-order valence-corrected chi connectivity index (χ3v) is 6.64. The Morgan fingerprint density at radius 2 is 1.87 bits per heavy atom. The molecule has 3 rings (SSSR count). The molecular formula is C33H39FN2O3. The second-order valence-electron chi connectivity index (χ2n) is 9.72. The Hall–Kier alpha value is -3.93. The van der Waals surface area contributed by atoms with E-state index in [0.29, 0.717) is 37.1 Å². The predicted octanol–water partition coefficient (Wildman–Crippen LogP) is 8.08. The lowest BCUT2D eigenvalue weighted by molar-refractivity contribution is -0.144. The summed E-state index contributed by atoms with van der Waals surface area (Å²) in [5.74, 6) is -0.829. The Bertz CT molecular complexity index is 1310. The van der Waals surface area contributed by atoms with Gasteiger partial charge in [0.2, 0.25) is 0 Å². The number of carbonyl (C=O) groups is 2. The van der Waals surface area contributed by atoms with Gasteiger partial charge in [-0.15, -0.1) is 0 Å². The molecule has 1 unspecified atom stereocenters. The van der Waals surface area contributed by atoms with Crippen LogP contribution in [0.3, 0.4) is 0 Å². The maximum atomic E-state index is 14.0. The first kappa shape index (κ1) is 29.6. The molecule has 0 saturated carbocycles. The number of cyclic esters (lactones) is 1. The summed E-state index contributed by atoms with van der Waals surface area (Å²) < 4.78 is 21.7. The van der Waals surface area contributed by atoms with Crippen molar-refractivity contribution in [2.45, 2.75) is 72.4 Å². The van der Waals surface area contributed by atoms with Crippen molar-refractivity contribution in [3.8, 4) is 0 Å². The SMILES string of the molecule is C/C=C\C(=C/C)c1c(C(=O)Nc2ccccc2)c(C(C)C)n(CCC2CC=CC(=O)O2)c1C/C=C\C(F)=C/C. The highest BCUT2D eigenvalue weighted by atomic mass is 19.1. The molecule has 2 heterocycles. The molecule has 1 aromatic heterocycles. The highest BCUT2D eigenvalue weighted by Gasteiger charge is 2.30. The van der Waals surface area contributed by atoms with E-state index in [4.69, 9.17) is 4.74 Å². The molecule has 1 amide bonds. The van der Waals surface area contributed by atoms with E-state index in [1.54, 1.807) is 13.0 Å². The number of aromatic nitrogens is 1. The van der Waals surface area contributed by atoms with E-state index in [1.165, 1.54) is 18.2 Å². The van der Waals surface area contributed by atoms with Crippen LogP contribution in [-0.4, -0.2) is 22.5 Å². The quantitative estimate of drug-likeness (QED) is 0.236. The molecule has 0 spiro atoms. The van der Waals surface area contributed by atoms with Crippen molar-refractivity contribution in [3.05, 3.63) is 107 Å². The fourth-order valence-electron chi connectivity index (χ4n) is 4.91. The minimum atomic E-state index is -0.333. The first-order chi connectivity index (χ1) is 18.8. The van der Waals surface area contributed by atoms with Gasteiger partial charge in [-0.1, -0.05) is 68.5 Å². The monoisotopic (exact) mass is 530 g/mol. The molecule has 1 aliphatic heterocycles. The van der Waals surface area contributed by atoms with Crippen molar-refractivity contribution >= 4 is 23.1 Å². The zero-order chi connectivity index (χ0) is 28.4. The van der Waals surface area contributed by atoms with Gasteiger partial charge < -0.3 is 14.6 Å². The van der Waals surface area contributed by atoms with Gasteiger partial charge in [-0.3, -0.25) is 4.79 Å². The Balaban J connectivity index is 2.22. The second-order valence-corrected chi connectivity index (χ2v) is 9.72. The zero-order valence-corrected chi connectivity index (χ0v) is 23.5. The zero-order valence-electron chi connectivity index (χ0n) is 23.5. The van der Waals surface area contributed by atoms with Crippen LogP contribution in [0.2, 0.25) is 0 Å². The normalized spacial score (nSPS) is 16.5. The molecule has 1 atom stereocenters. The van der Waals surface area contributed by atoms with Gasteiger partial charge in [0.25, 0.3) is 5.91 Å². The third-order valence-electron chi connectivity index (χ3n) is 6.64.